The van der Waals surface area contributed by atoms with Crippen LogP contribution in [0.5, 0.6) is 0 Å². The second kappa shape index (κ2) is 5.73. The quantitative estimate of drug-likeness (QED) is 0.760. The summed E-state index contributed by atoms with van der Waals surface area (Å²) in [6, 6.07) is 2.97. The van der Waals surface area contributed by atoms with Crippen LogP contribution in [0.1, 0.15) is 42.6 Å². The van der Waals surface area contributed by atoms with Gasteiger partial charge in [0.25, 0.3) is 14.9 Å². The van der Waals surface area contributed by atoms with Crippen molar-refractivity contribution in [3.05, 3.63) is 35.4 Å². The van der Waals surface area contributed by atoms with Gasteiger partial charge < -0.3 is 0 Å². The van der Waals surface area contributed by atoms with E-state index in [2.05, 4.69) is 10.1 Å². The van der Waals surface area contributed by atoms with Crippen molar-refractivity contribution in [3.8, 4) is 5.69 Å². The molecule has 10 heteroatoms. The molecule has 0 radical (unpaired) electrons. The fourth-order valence-corrected chi connectivity index (χ4v) is 3.76. The monoisotopic (exact) mass is 379 g/mol. The number of hydrogen-bond acceptors (Lipinski definition) is 4. The second-order valence-corrected chi connectivity index (χ2v) is 8.13. The first kappa shape index (κ1) is 17.2. The van der Waals surface area contributed by atoms with E-state index >= 15 is 0 Å². The zero-order valence-corrected chi connectivity index (χ0v) is 14.1. The molecule has 3 rings (SSSR count). The van der Waals surface area contributed by atoms with E-state index < -0.39 is 21.1 Å². The van der Waals surface area contributed by atoms with E-state index in [-0.39, 0.29) is 16.5 Å². The van der Waals surface area contributed by atoms with E-state index in [4.69, 9.17) is 10.7 Å². The number of aromatic nitrogens is 3. The molecule has 0 spiro atoms. The third kappa shape index (κ3) is 3.27. The Morgan fingerprint density at radius 3 is 2.46 bits per heavy atom. The Hall–Kier alpha value is -1.61. The summed E-state index contributed by atoms with van der Waals surface area (Å²) >= 11 is 0. The lowest BCUT2D eigenvalue weighted by molar-refractivity contribution is -0.144. The third-order valence-electron chi connectivity index (χ3n) is 3.86. The van der Waals surface area contributed by atoms with Crippen LogP contribution in [0, 0.1) is 0 Å². The maximum Gasteiger partial charge on any atom is 0.453 e. The molecule has 130 valence electrons. The van der Waals surface area contributed by atoms with E-state index in [1.165, 1.54) is 6.07 Å². The highest BCUT2D eigenvalue weighted by molar-refractivity contribution is 8.13. The summed E-state index contributed by atoms with van der Waals surface area (Å²) in [6.45, 7) is 1.79. The minimum absolute atomic E-state index is 0.116. The molecule has 1 heterocycles. The highest BCUT2D eigenvalue weighted by Crippen LogP contribution is 2.44. The van der Waals surface area contributed by atoms with E-state index in [9.17, 15) is 21.6 Å². The van der Waals surface area contributed by atoms with E-state index in [1.54, 1.807) is 13.0 Å². The predicted octanol–water partition coefficient (Wildman–Crippen LogP) is 3.65. The second-order valence-electron chi connectivity index (χ2n) is 5.59. The number of alkyl halides is 3. The Balaban J connectivity index is 2.20. The lowest BCUT2D eigenvalue weighted by Crippen LogP contribution is -2.10. The van der Waals surface area contributed by atoms with Crippen LogP contribution >= 0.6 is 10.7 Å². The van der Waals surface area contributed by atoms with Crippen molar-refractivity contribution in [3.63, 3.8) is 0 Å². The van der Waals surface area contributed by atoms with Crippen LogP contribution in [-0.2, 0) is 21.6 Å². The van der Waals surface area contributed by atoms with Crippen molar-refractivity contribution in [1.82, 2.24) is 14.8 Å². The number of hydrogen-bond donors (Lipinski definition) is 0. The van der Waals surface area contributed by atoms with E-state index in [1.807, 2.05) is 0 Å². The summed E-state index contributed by atoms with van der Waals surface area (Å²) in [7, 11) is 1.44. The highest BCUT2D eigenvalue weighted by Gasteiger charge is 2.36. The minimum Gasteiger partial charge on any atom is -0.220 e. The molecule has 0 aliphatic heterocycles. The van der Waals surface area contributed by atoms with Gasteiger partial charge in [-0.25, -0.2) is 18.1 Å². The van der Waals surface area contributed by atoms with Crippen LogP contribution in [0.15, 0.2) is 23.4 Å². The third-order valence-corrected chi connectivity index (χ3v) is 5.27. The Morgan fingerprint density at radius 2 is 2.00 bits per heavy atom. The molecule has 0 bridgehead atoms. The van der Waals surface area contributed by atoms with Crippen molar-refractivity contribution in [2.75, 3.05) is 0 Å². The molecule has 1 aliphatic carbocycles. The van der Waals surface area contributed by atoms with Gasteiger partial charge in [0, 0.05) is 10.7 Å². The van der Waals surface area contributed by atoms with Gasteiger partial charge in [-0.1, -0.05) is 13.0 Å². The number of nitrogens with zero attached hydrogens (tertiary/aromatic N) is 3. The van der Waals surface area contributed by atoms with Crippen molar-refractivity contribution < 1.29 is 21.6 Å². The van der Waals surface area contributed by atoms with E-state index in [0.717, 1.165) is 29.4 Å². The molecule has 1 saturated carbocycles. The summed E-state index contributed by atoms with van der Waals surface area (Å²) in [5, 5.41) is 3.44. The van der Waals surface area contributed by atoms with Gasteiger partial charge in [0.05, 0.1) is 10.6 Å². The van der Waals surface area contributed by atoms with Crippen molar-refractivity contribution in [2.24, 2.45) is 0 Å². The first-order valence-electron chi connectivity index (χ1n) is 7.22. The minimum atomic E-state index is -4.67. The van der Waals surface area contributed by atoms with Crippen molar-refractivity contribution in [2.45, 2.75) is 43.2 Å². The molecular formula is C14H13ClF3N3O2S. The van der Waals surface area contributed by atoms with Crippen LogP contribution < -0.4 is 0 Å². The van der Waals surface area contributed by atoms with Gasteiger partial charge in [-0.05, 0) is 42.4 Å². The molecule has 1 fully saturated rings. The maximum atomic E-state index is 12.7. The zero-order valence-electron chi connectivity index (χ0n) is 12.5. The van der Waals surface area contributed by atoms with Gasteiger partial charge in [-0.15, -0.1) is 5.10 Å². The molecule has 1 aromatic heterocycles. The Kier molecular flexibility index (Phi) is 4.11. The summed E-state index contributed by atoms with van der Waals surface area (Å²) in [6.07, 6.45) is -1.52. The van der Waals surface area contributed by atoms with Crippen LogP contribution in [0.2, 0.25) is 0 Å². The smallest absolute Gasteiger partial charge is 0.220 e. The average molecular weight is 380 g/mol. The van der Waals surface area contributed by atoms with Crippen LogP contribution in [-0.4, -0.2) is 23.2 Å². The molecule has 0 unspecified atom stereocenters. The molecule has 1 aliphatic rings. The summed E-state index contributed by atoms with van der Waals surface area (Å²) < 4.78 is 62.7. The van der Waals surface area contributed by atoms with Gasteiger partial charge in [0.1, 0.15) is 6.33 Å². The number of rotatable bonds is 4. The normalized spacial score (nSPS) is 15.7. The molecule has 0 saturated heterocycles. The van der Waals surface area contributed by atoms with Crippen LogP contribution in [0.3, 0.4) is 0 Å². The van der Waals surface area contributed by atoms with Crippen molar-refractivity contribution in [1.29, 1.82) is 0 Å². The molecule has 0 amide bonds. The first-order valence-corrected chi connectivity index (χ1v) is 9.53. The summed E-state index contributed by atoms with van der Waals surface area (Å²) in [5.74, 6) is -1.10. The summed E-state index contributed by atoms with van der Waals surface area (Å²) in [5.41, 5.74) is 1.55. The Bertz CT molecular complexity index is 889. The molecule has 1 aromatic carbocycles. The number of benzene rings is 1. The topological polar surface area (TPSA) is 64.8 Å². The van der Waals surface area contributed by atoms with Gasteiger partial charge in [-0.3, -0.25) is 0 Å². The van der Waals surface area contributed by atoms with Gasteiger partial charge in [0.2, 0.25) is 0 Å². The highest BCUT2D eigenvalue weighted by atomic mass is 35.7. The molecule has 5 nitrogen and oxygen atoms in total. The number of halogens is 4. The SMILES string of the molecule is CCc1cc(C2CC2)c(-n2cnc(C(F)(F)F)n2)cc1S(=O)(=O)Cl. The summed E-state index contributed by atoms with van der Waals surface area (Å²) in [4.78, 5) is 3.15. The molecular weight excluding hydrogens is 367 g/mol. The first-order chi connectivity index (χ1) is 11.1. The predicted molar refractivity (Wildman–Crippen MR) is 80.8 cm³/mol. The van der Waals surface area contributed by atoms with Gasteiger partial charge >= 0.3 is 6.18 Å². The number of aryl methyl sites for hydroxylation is 1. The zero-order chi connectivity index (χ0) is 17.7. The Morgan fingerprint density at radius 1 is 1.33 bits per heavy atom. The molecule has 0 atom stereocenters. The van der Waals surface area contributed by atoms with Crippen molar-refractivity contribution >= 4 is 19.7 Å². The van der Waals surface area contributed by atoms with Crippen LogP contribution in [0.4, 0.5) is 13.2 Å². The standard InChI is InChI=1S/C14H13ClF3N3O2S/c1-2-8-5-10(9-3-4-9)11(6-12(8)24(15,22)23)21-7-19-13(20-21)14(16,17)18/h5-7,9H,2-4H2,1H3. The largest absolute Gasteiger partial charge is 0.453 e. The van der Waals surface area contributed by atoms with Gasteiger partial charge in [0.15, 0.2) is 0 Å². The molecule has 0 N–H and O–H groups in total. The Labute approximate surface area is 140 Å². The van der Waals surface area contributed by atoms with Crippen LogP contribution in [0.25, 0.3) is 5.69 Å². The fourth-order valence-electron chi connectivity index (χ4n) is 2.56. The molecule has 2 aromatic rings. The maximum absolute atomic E-state index is 12.7. The average Bonchev–Trinajstić information content (AvgIpc) is 3.20. The fraction of sp³-hybridized carbons (Fsp3) is 0.429. The lowest BCUT2D eigenvalue weighted by atomic mass is 10.0. The van der Waals surface area contributed by atoms with E-state index in [0.29, 0.717) is 12.0 Å². The lowest BCUT2D eigenvalue weighted by Gasteiger charge is -2.14. The molecule has 24 heavy (non-hydrogen) atoms. The van der Waals surface area contributed by atoms with Gasteiger partial charge in [-0.2, -0.15) is 13.2 Å².